The topological polar surface area (TPSA) is 107 Å². The number of ether oxygens (including phenoxy) is 1. The maximum Gasteiger partial charge on any atom is 0.309 e. The van der Waals surface area contributed by atoms with Crippen molar-refractivity contribution in [1.29, 1.82) is 0 Å². The Labute approximate surface area is 279 Å². The third kappa shape index (κ3) is 6.77. The second kappa shape index (κ2) is 14.1. The molecule has 0 saturated carbocycles. The minimum absolute atomic E-state index is 0.00678. The lowest BCUT2D eigenvalue weighted by Crippen LogP contribution is -2.43. The van der Waals surface area contributed by atoms with Crippen molar-refractivity contribution in [3.63, 3.8) is 0 Å². The van der Waals surface area contributed by atoms with E-state index in [9.17, 15) is 18.8 Å². The molecule has 2 heterocycles. The Bertz CT molecular complexity index is 2020. The fraction of sp³-hybridized carbons (Fsp3) is 0.167. The first-order chi connectivity index (χ1) is 23.2. The number of Topliss-reactive ketones (excluding diaryl/α,β-unsaturated/α-hetero) is 1. The van der Waals surface area contributed by atoms with E-state index in [0.717, 1.165) is 22.3 Å². The number of ketones is 1. The molecule has 1 aromatic heterocycles. The van der Waals surface area contributed by atoms with E-state index < -0.39 is 23.6 Å². The van der Waals surface area contributed by atoms with Crippen molar-refractivity contribution in [3.05, 3.63) is 136 Å². The van der Waals surface area contributed by atoms with E-state index in [1.807, 2.05) is 42.5 Å². The minimum Gasteiger partial charge on any atom is -0.469 e. The monoisotopic (exact) mass is 667 g/mol. The van der Waals surface area contributed by atoms with Gasteiger partial charge < -0.3 is 9.64 Å². The van der Waals surface area contributed by atoms with Crippen molar-refractivity contribution < 1.29 is 27.9 Å². The van der Waals surface area contributed by atoms with Crippen LogP contribution in [-0.4, -0.2) is 56.4 Å². The number of esters is 1. The number of tetrazole rings is 1. The normalized spacial score (nSPS) is 14.2. The van der Waals surface area contributed by atoms with Crippen LogP contribution in [0.15, 0.2) is 91.3 Å². The highest BCUT2D eigenvalue weighted by atomic mass is 35.5. The zero-order valence-electron chi connectivity index (χ0n) is 25.6. The van der Waals surface area contributed by atoms with Crippen LogP contribution in [0.4, 0.5) is 8.78 Å². The average Bonchev–Trinajstić information content (AvgIpc) is 3.64. The van der Waals surface area contributed by atoms with Crippen LogP contribution in [-0.2, 0) is 38.4 Å². The summed E-state index contributed by atoms with van der Waals surface area (Å²) in [6.07, 6.45) is 4.33. The van der Waals surface area contributed by atoms with Crippen LogP contribution >= 0.6 is 11.6 Å². The van der Waals surface area contributed by atoms with Crippen molar-refractivity contribution in [2.75, 3.05) is 13.7 Å². The minimum atomic E-state index is -0.974. The third-order valence-electron chi connectivity index (χ3n) is 8.24. The SMILES string of the molecule is COC(=O)Cc1ccc(-c2cccc3c2CCN(C(=O)/C=C/c2c(-n4cnnn4)ccc(Cl)c2F)[C@H]3C(=O)Cc2ccc(F)cc2)cc1. The summed E-state index contributed by atoms with van der Waals surface area (Å²) >= 11 is 6.07. The molecule has 0 fully saturated rings. The van der Waals surface area contributed by atoms with E-state index in [2.05, 4.69) is 15.5 Å². The van der Waals surface area contributed by atoms with Crippen molar-refractivity contribution in [2.45, 2.75) is 25.3 Å². The summed E-state index contributed by atoms with van der Waals surface area (Å²) in [5, 5.41) is 10.9. The maximum atomic E-state index is 15.2. The zero-order chi connectivity index (χ0) is 33.8. The Kier molecular flexibility index (Phi) is 9.49. The summed E-state index contributed by atoms with van der Waals surface area (Å²) in [7, 11) is 1.34. The highest BCUT2D eigenvalue weighted by Gasteiger charge is 2.36. The predicted octanol–water partition coefficient (Wildman–Crippen LogP) is 5.93. The van der Waals surface area contributed by atoms with E-state index in [1.165, 1.54) is 71.6 Å². The third-order valence-corrected chi connectivity index (χ3v) is 8.53. The Morgan fingerprint density at radius 2 is 1.69 bits per heavy atom. The van der Waals surface area contributed by atoms with Gasteiger partial charge in [0.15, 0.2) is 11.6 Å². The molecule has 9 nitrogen and oxygen atoms in total. The summed E-state index contributed by atoms with van der Waals surface area (Å²) in [5.74, 6) is -2.31. The molecule has 1 atom stereocenters. The Morgan fingerprint density at radius 1 is 0.958 bits per heavy atom. The Balaban J connectivity index is 1.36. The zero-order valence-corrected chi connectivity index (χ0v) is 26.4. The molecule has 0 bridgehead atoms. The fourth-order valence-electron chi connectivity index (χ4n) is 5.90. The standard InChI is InChI=1S/C36H28ClF2N5O4/c1-48-34(47)20-23-5-9-24(10-6-23)26-3-2-4-28-27(26)17-18-43(36(28)32(45)19-22-7-11-25(38)12-8-22)33(46)16-13-29-31(44-21-40-41-42-44)15-14-30(37)35(29)39/h2-16,21,36H,17-20H2,1H3/b16-13+/t36-/m1/s1. The largest absolute Gasteiger partial charge is 0.469 e. The number of carbonyl (C=O) groups excluding carboxylic acids is 3. The second-order valence-corrected chi connectivity index (χ2v) is 11.6. The fourth-order valence-corrected chi connectivity index (χ4v) is 6.07. The molecular weight excluding hydrogens is 640 g/mol. The lowest BCUT2D eigenvalue weighted by Gasteiger charge is -2.37. The van der Waals surface area contributed by atoms with Crippen LogP contribution < -0.4 is 0 Å². The molecular formula is C36H28ClF2N5O4. The van der Waals surface area contributed by atoms with Gasteiger partial charge >= 0.3 is 5.97 Å². The van der Waals surface area contributed by atoms with Gasteiger partial charge in [-0.1, -0.05) is 66.2 Å². The second-order valence-electron chi connectivity index (χ2n) is 11.2. The smallest absolute Gasteiger partial charge is 0.309 e. The van der Waals surface area contributed by atoms with Crippen LogP contribution in [0.3, 0.4) is 0 Å². The molecule has 6 rings (SSSR count). The highest BCUT2D eigenvalue weighted by Crippen LogP contribution is 2.38. The Morgan fingerprint density at radius 3 is 2.40 bits per heavy atom. The highest BCUT2D eigenvalue weighted by molar-refractivity contribution is 6.31. The molecule has 4 aromatic carbocycles. The summed E-state index contributed by atoms with van der Waals surface area (Å²) in [6.45, 7) is 0.200. The molecule has 5 aromatic rings. The van der Waals surface area contributed by atoms with E-state index in [4.69, 9.17) is 16.3 Å². The number of aromatic nitrogens is 4. The van der Waals surface area contributed by atoms with Crippen LogP contribution in [0.5, 0.6) is 0 Å². The number of hydrogen-bond donors (Lipinski definition) is 0. The lowest BCUT2D eigenvalue weighted by molar-refractivity contribution is -0.139. The number of benzene rings is 4. The number of carbonyl (C=O) groups is 3. The molecule has 0 unspecified atom stereocenters. The van der Waals surface area contributed by atoms with Gasteiger partial charge in [0, 0.05) is 24.6 Å². The van der Waals surface area contributed by atoms with Crippen molar-refractivity contribution in [3.8, 4) is 16.8 Å². The summed E-state index contributed by atoms with van der Waals surface area (Å²) in [5.41, 5.74) is 5.00. The maximum absolute atomic E-state index is 15.2. The molecule has 0 N–H and O–H groups in total. The van der Waals surface area contributed by atoms with Crippen molar-refractivity contribution in [2.24, 2.45) is 0 Å². The molecule has 0 spiro atoms. The summed E-state index contributed by atoms with van der Waals surface area (Å²) < 4.78 is 34.9. The first-order valence-corrected chi connectivity index (χ1v) is 15.4. The van der Waals surface area contributed by atoms with Gasteiger partial charge in [-0.15, -0.1) is 5.10 Å². The number of fused-ring (bicyclic) bond motifs is 1. The summed E-state index contributed by atoms with van der Waals surface area (Å²) in [6, 6.07) is 20.7. The number of methoxy groups -OCH3 is 1. The molecule has 242 valence electrons. The van der Waals surface area contributed by atoms with Crippen molar-refractivity contribution >= 4 is 35.3 Å². The van der Waals surface area contributed by atoms with Crippen LogP contribution in [0, 0.1) is 11.6 Å². The van der Waals surface area contributed by atoms with Gasteiger partial charge in [-0.05, 0) is 80.6 Å². The van der Waals surface area contributed by atoms with Crippen LogP contribution in [0.2, 0.25) is 5.02 Å². The number of hydrogen-bond acceptors (Lipinski definition) is 7. The van der Waals surface area contributed by atoms with Gasteiger partial charge in [-0.25, -0.2) is 8.78 Å². The first kappa shape index (κ1) is 32.4. The molecule has 48 heavy (non-hydrogen) atoms. The van der Waals surface area contributed by atoms with Crippen LogP contribution in [0.25, 0.3) is 22.9 Å². The lowest BCUT2D eigenvalue weighted by atomic mass is 9.83. The molecule has 0 aliphatic carbocycles. The molecule has 1 amide bonds. The average molecular weight is 668 g/mol. The van der Waals surface area contributed by atoms with E-state index >= 15 is 4.39 Å². The van der Waals surface area contributed by atoms with Gasteiger partial charge in [0.2, 0.25) is 5.91 Å². The van der Waals surface area contributed by atoms with E-state index in [1.54, 1.807) is 0 Å². The Hall–Kier alpha value is -5.55. The van der Waals surface area contributed by atoms with Crippen LogP contribution in [0.1, 0.15) is 33.9 Å². The molecule has 1 aliphatic heterocycles. The number of amides is 1. The quantitative estimate of drug-likeness (QED) is 0.142. The first-order valence-electron chi connectivity index (χ1n) is 15.0. The van der Waals surface area contributed by atoms with Gasteiger partial charge in [0.1, 0.15) is 18.2 Å². The van der Waals surface area contributed by atoms with Gasteiger partial charge in [-0.2, -0.15) is 4.68 Å². The molecule has 0 radical (unpaired) electrons. The van der Waals surface area contributed by atoms with E-state index in [0.29, 0.717) is 17.5 Å². The van der Waals surface area contributed by atoms with Gasteiger partial charge in [0.25, 0.3) is 0 Å². The molecule has 1 aliphatic rings. The van der Waals surface area contributed by atoms with Gasteiger partial charge in [-0.3, -0.25) is 14.4 Å². The predicted molar refractivity (Wildman–Crippen MR) is 174 cm³/mol. The van der Waals surface area contributed by atoms with Gasteiger partial charge in [0.05, 0.1) is 24.2 Å². The number of halogens is 3. The summed E-state index contributed by atoms with van der Waals surface area (Å²) in [4.78, 5) is 41.2. The number of rotatable bonds is 9. The molecule has 0 saturated heterocycles. The van der Waals surface area contributed by atoms with Crippen molar-refractivity contribution in [1.82, 2.24) is 25.1 Å². The molecule has 12 heteroatoms. The van der Waals surface area contributed by atoms with E-state index in [-0.39, 0.29) is 47.4 Å². The number of nitrogens with zero attached hydrogens (tertiary/aromatic N) is 5.